The number of methoxy groups -OCH3 is 1. The van der Waals surface area contributed by atoms with E-state index in [2.05, 4.69) is 5.32 Å². The predicted molar refractivity (Wildman–Crippen MR) is 71.0 cm³/mol. The highest BCUT2D eigenvalue weighted by Gasteiger charge is 2.17. The fourth-order valence-corrected chi connectivity index (χ4v) is 1.50. The Morgan fingerprint density at radius 3 is 2.33 bits per heavy atom. The minimum absolute atomic E-state index is 0.0600. The highest BCUT2D eigenvalue weighted by Crippen LogP contribution is 2.18. The number of carbonyl (C=O) groups excluding carboxylic acids is 1. The van der Waals surface area contributed by atoms with E-state index >= 15 is 0 Å². The molecule has 0 bridgehead atoms. The van der Waals surface area contributed by atoms with Crippen LogP contribution in [0, 0.1) is 0 Å². The van der Waals surface area contributed by atoms with Crippen molar-refractivity contribution in [1.29, 1.82) is 0 Å². The second-order valence-corrected chi connectivity index (χ2v) is 3.98. The maximum atomic E-state index is 11.8. The summed E-state index contributed by atoms with van der Waals surface area (Å²) in [4.78, 5) is 11.8. The van der Waals surface area contributed by atoms with Crippen molar-refractivity contribution in [3.63, 3.8) is 0 Å². The third kappa shape index (κ3) is 4.28. The van der Waals surface area contributed by atoms with Crippen molar-refractivity contribution in [1.82, 2.24) is 5.32 Å². The molecule has 1 atom stereocenters. The van der Waals surface area contributed by atoms with Crippen LogP contribution < -0.4 is 14.8 Å². The highest BCUT2D eigenvalue weighted by atomic mass is 16.5. The first kappa shape index (κ1) is 14.4. The van der Waals surface area contributed by atoms with E-state index < -0.39 is 6.10 Å². The van der Waals surface area contributed by atoms with E-state index in [1.165, 1.54) is 0 Å². The summed E-state index contributed by atoms with van der Waals surface area (Å²) in [5.41, 5.74) is 0. The van der Waals surface area contributed by atoms with Gasteiger partial charge in [0.2, 0.25) is 0 Å². The van der Waals surface area contributed by atoms with Gasteiger partial charge in [-0.05, 0) is 37.1 Å². The Bertz CT molecular complexity index is 362. The van der Waals surface area contributed by atoms with Gasteiger partial charge in [-0.25, -0.2) is 0 Å². The van der Waals surface area contributed by atoms with E-state index in [0.717, 1.165) is 12.2 Å². The number of hydrogen-bond acceptors (Lipinski definition) is 3. The lowest BCUT2D eigenvalue weighted by molar-refractivity contribution is -0.128. The second kappa shape index (κ2) is 7.58. The summed E-state index contributed by atoms with van der Waals surface area (Å²) in [6.07, 6.45) is 1.12. The molecule has 0 saturated carbocycles. The Morgan fingerprint density at radius 1 is 1.22 bits per heavy atom. The van der Waals surface area contributed by atoms with Crippen LogP contribution in [0.3, 0.4) is 0 Å². The molecule has 0 aliphatic heterocycles. The Labute approximate surface area is 108 Å². The lowest BCUT2D eigenvalue weighted by Crippen LogP contribution is -2.38. The normalized spacial score (nSPS) is 11.7. The van der Waals surface area contributed by atoms with E-state index in [9.17, 15) is 4.79 Å². The monoisotopic (exact) mass is 251 g/mol. The van der Waals surface area contributed by atoms with Gasteiger partial charge in [0.15, 0.2) is 6.10 Å². The fraction of sp³-hybridized carbons (Fsp3) is 0.500. The minimum Gasteiger partial charge on any atom is -0.497 e. The average Bonchev–Trinajstić information content (AvgIpc) is 2.42. The molecule has 0 radical (unpaired) electrons. The first-order valence-electron chi connectivity index (χ1n) is 6.29. The Kier molecular flexibility index (Phi) is 6.05. The molecule has 0 heterocycles. The van der Waals surface area contributed by atoms with Crippen molar-refractivity contribution >= 4 is 5.91 Å². The standard InChI is InChI=1S/C14H21NO3/c1-4-10-15-14(16)13(5-2)18-12-8-6-11(17-3)7-9-12/h6-9,13H,4-5,10H2,1-3H3,(H,15,16)/t13-/m0/s1. The maximum absolute atomic E-state index is 11.8. The smallest absolute Gasteiger partial charge is 0.261 e. The Morgan fingerprint density at radius 2 is 1.83 bits per heavy atom. The number of rotatable bonds is 7. The zero-order valence-electron chi connectivity index (χ0n) is 11.2. The fourth-order valence-electron chi connectivity index (χ4n) is 1.50. The number of carbonyl (C=O) groups is 1. The lowest BCUT2D eigenvalue weighted by Gasteiger charge is -2.17. The van der Waals surface area contributed by atoms with Crippen molar-refractivity contribution < 1.29 is 14.3 Å². The van der Waals surface area contributed by atoms with Crippen LogP contribution in [-0.2, 0) is 4.79 Å². The van der Waals surface area contributed by atoms with Gasteiger partial charge in [0.05, 0.1) is 7.11 Å². The summed E-state index contributed by atoms with van der Waals surface area (Å²) in [6.45, 7) is 4.63. The van der Waals surface area contributed by atoms with Crippen LogP contribution in [0.4, 0.5) is 0 Å². The molecule has 0 aliphatic rings. The molecular weight excluding hydrogens is 230 g/mol. The third-order valence-corrected chi connectivity index (χ3v) is 2.55. The molecule has 1 rings (SSSR count). The first-order chi connectivity index (χ1) is 8.71. The summed E-state index contributed by atoms with van der Waals surface area (Å²) >= 11 is 0. The van der Waals surface area contributed by atoms with Gasteiger partial charge in [-0.2, -0.15) is 0 Å². The summed E-state index contributed by atoms with van der Waals surface area (Å²) in [5.74, 6) is 1.38. The number of amides is 1. The van der Waals surface area contributed by atoms with Crippen molar-refractivity contribution in [3.8, 4) is 11.5 Å². The number of ether oxygens (including phenoxy) is 2. The quantitative estimate of drug-likeness (QED) is 0.809. The van der Waals surface area contributed by atoms with E-state index in [-0.39, 0.29) is 5.91 Å². The minimum atomic E-state index is -0.440. The Hall–Kier alpha value is -1.71. The van der Waals surface area contributed by atoms with Gasteiger partial charge in [0.25, 0.3) is 5.91 Å². The molecule has 100 valence electrons. The largest absolute Gasteiger partial charge is 0.497 e. The van der Waals surface area contributed by atoms with Crippen LogP contribution in [-0.4, -0.2) is 25.7 Å². The van der Waals surface area contributed by atoms with Gasteiger partial charge in [0.1, 0.15) is 11.5 Å². The highest BCUT2D eigenvalue weighted by molar-refractivity contribution is 5.81. The van der Waals surface area contributed by atoms with Gasteiger partial charge in [-0.15, -0.1) is 0 Å². The van der Waals surface area contributed by atoms with Crippen molar-refractivity contribution in [2.75, 3.05) is 13.7 Å². The zero-order valence-corrected chi connectivity index (χ0v) is 11.2. The number of nitrogens with one attached hydrogen (secondary N) is 1. The first-order valence-corrected chi connectivity index (χ1v) is 6.29. The second-order valence-electron chi connectivity index (χ2n) is 3.98. The molecule has 0 spiro atoms. The molecule has 0 saturated heterocycles. The van der Waals surface area contributed by atoms with Crippen LogP contribution in [0.5, 0.6) is 11.5 Å². The van der Waals surface area contributed by atoms with Gasteiger partial charge in [0, 0.05) is 6.54 Å². The molecule has 0 unspecified atom stereocenters. The molecule has 1 aromatic carbocycles. The van der Waals surface area contributed by atoms with Crippen LogP contribution in [0.25, 0.3) is 0 Å². The zero-order chi connectivity index (χ0) is 13.4. The molecule has 0 aliphatic carbocycles. The predicted octanol–water partition coefficient (Wildman–Crippen LogP) is 2.38. The molecule has 18 heavy (non-hydrogen) atoms. The Balaban J connectivity index is 2.58. The van der Waals surface area contributed by atoms with Gasteiger partial charge in [-0.1, -0.05) is 13.8 Å². The maximum Gasteiger partial charge on any atom is 0.261 e. The van der Waals surface area contributed by atoms with Crippen LogP contribution in [0.2, 0.25) is 0 Å². The molecule has 4 heteroatoms. The van der Waals surface area contributed by atoms with E-state index in [1.54, 1.807) is 19.2 Å². The number of hydrogen-bond donors (Lipinski definition) is 1. The summed E-state index contributed by atoms with van der Waals surface area (Å²) in [5, 5.41) is 2.84. The summed E-state index contributed by atoms with van der Waals surface area (Å²) in [6, 6.07) is 7.22. The molecule has 4 nitrogen and oxygen atoms in total. The molecule has 1 aromatic rings. The van der Waals surface area contributed by atoms with Gasteiger partial charge >= 0.3 is 0 Å². The average molecular weight is 251 g/mol. The lowest BCUT2D eigenvalue weighted by atomic mass is 10.2. The van der Waals surface area contributed by atoms with E-state index in [4.69, 9.17) is 9.47 Å². The summed E-state index contributed by atoms with van der Waals surface area (Å²) in [7, 11) is 1.61. The van der Waals surface area contributed by atoms with Gasteiger partial charge < -0.3 is 14.8 Å². The van der Waals surface area contributed by atoms with Crippen LogP contribution in [0.1, 0.15) is 26.7 Å². The number of benzene rings is 1. The topological polar surface area (TPSA) is 47.6 Å². The molecule has 1 amide bonds. The van der Waals surface area contributed by atoms with Crippen molar-refractivity contribution in [2.24, 2.45) is 0 Å². The van der Waals surface area contributed by atoms with Crippen molar-refractivity contribution in [3.05, 3.63) is 24.3 Å². The van der Waals surface area contributed by atoms with E-state index in [0.29, 0.717) is 18.7 Å². The van der Waals surface area contributed by atoms with Gasteiger partial charge in [-0.3, -0.25) is 4.79 Å². The van der Waals surface area contributed by atoms with Crippen molar-refractivity contribution in [2.45, 2.75) is 32.8 Å². The van der Waals surface area contributed by atoms with Crippen LogP contribution in [0.15, 0.2) is 24.3 Å². The van der Waals surface area contributed by atoms with Crippen LogP contribution >= 0.6 is 0 Å². The summed E-state index contributed by atoms with van der Waals surface area (Å²) < 4.78 is 10.7. The molecular formula is C14H21NO3. The molecule has 0 aromatic heterocycles. The van der Waals surface area contributed by atoms with E-state index in [1.807, 2.05) is 26.0 Å². The molecule has 1 N–H and O–H groups in total. The third-order valence-electron chi connectivity index (χ3n) is 2.55. The molecule has 0 fully saturated rings. The SMILES string of the molecule is CCCNC(=O)[C@H](CC)Oc1ccc(OC)cc1.